The minimum absolute atomic E-state index is 0.0672. The Morgan fingerprint density at radius 3 is 2.59 bits per heavy atom. The first kappa shape index (κ1) is 29.1. The third-order valence-corrected chi connectivity index (χ3v) is 7.81. The molecule has 214 valence electrons. The van der Waals surface area contributed by atoms with E-state index in [-0.39, 0.29) is 34.9 Å². The topological polar surface area (TPSA) is 84.8 Å². The van der Waals surface area contributed by atoms with E-state index in [4.69, 9.17) is 9.47 Å². The number of hydrogen-bond donors (Lipinski definition) is 2. The first-order valence-corrected chi connectivity index (χ1v) is 13.3. The predicted molar refractivity (Wildman–Crippen MR) is 142 cm³/mol. The average molecular weight is 551 g/mol. The molecule has 0 radical (unpaired) electrons. The van der Waals surface area contributed by atoms with Crippen LogP contribution in [-0.4, -0.2) is 68.0 Å². The molecule has 4 rings (SSSR count). The zero-order valence-corrected chi connectivity index (χ0v) is 22.8. The monoisotopic (exact) mass is 550 g/mol. The highest BCUT2D eigenvalue weighted by atomic mass is 19.4. The number of benzene rings is 1. The number of ether oxygens (including phenoxy) is 2. The van der Waals surface area contributed by atoms with Crippen molar-refractivity contribution in [3.63, 3.8) is 0 Å². The van der Waals surface area contributed by atoms with Gasteiger partial charge in [-0.1, -0.05) is 12.1 Å². The molecule has 2 aromatic rings. The summed E-state index contributed by atoms with van der Waals surface area (Å²) in [5.41, 5.74) is 0.114. The number of halogens is 3. The molecule has 3 atom stereocenters. The molecule has 0 aliphatic carbocycles. The van der Waals surface area contributed by atoms with E-state index in [0.29, 0.717) is 43.9 Å². The van der Waals surface area contributed by atoms with Gasteiger partial charge in [-0.15, -0.1) is 0 Å². The number of aromatic nitrogens is 1. The average Bonchev–Trinajstić information content (AvgIpc) is 2.89. The summed E-state index contributed by atoms with van der Waals surface area (Å²) in [5, 5.41) is 6.24. The van der Waals surface area contributed by atoms with E-state index < -0.39 is 23.7 Å². The van der Waals surface area contributed by atoms with Crippen LogP contribution in [0, 0.1) is 6.92 Å². The first-order chi connectivity index (χ1) is 18.5. The van der Waals surface area contributed by atoms with E-state index in [9.17, 15) is 22.8 Å². The Morgan fingerprint density at radius 2 is 1.92 bits per heavy atom. The second kappa shape index (κ2) is 12.1. The van der Waals surface area contributed by atoms with Gasteiger partial charge in [0.2, 0.25) is 0 Å². The van der Waals surface area contributed by atoms with Crippen molar-refractivity contribution in [2.24, 2.45) is 0 Å². The number of pyridine rings is 1. The lowest BCUT2D eigenvalue weighted by molar-refractivity contribution is -0.138. The standard InChI is InChI=1S/C28H37F3N4O4/c1-17-20(6-5-7-22(17)28(29,30)31)18(2)32-27(37)21-15-35(19-9-12-39-13-10-19)26(36)14-24(21)33-23-8-11-34(3)16-25(23)38-4/h5-7,14-15,18-19,23,25,33H,8-13,16H2,1-4H3,(H,32,37)/t18-,23+,25+/m1/s1. The van der Waals surface area contributed by atoms with E-state index in [2.05, 4.69) is 15.5 Å². The molecule has 39 heavy (non-hydrogen) atoms. The Morgan fingerprint density at radius 1 is 1.21 bits per heavy atom. The summed E-state index contributed by atoms with van der Waals surface area (Å²) in [4.78, 5) is 29.0. The SMILES string of the molecule is CO[C@H]1CN(C)CC[C@@H]1Nc1cc(=O)n(C2CCOCC2)cc1C(=O)N[C@H](C)c1cccc(C(F)(F)F)c1C. The molecule has 2 N–H and O–H groups in total. The Hall–Kier alpha value is -2.89. The maximum atomic E-state index is 13.7. The third kappa shape index (κ3) is 6.64. The molecule has 1 aromatic heterocycles. The lowest BCUT2D eigenvalue weighted by atomic mass is 9.97. The number of rotatable bonds is 7. The van der Waals surface area contributed by atoms with Crippen LogP contribution in [0.5, 0.6) is 0 Å². The first-order valence-electron chi connectivity index (χ1n) is 13.3. The van der Waals surface area contributed by atoms with Gasteiger partial charge in [-0.05, 0) is 63.9 Å². The smallest absolute Gasteiger partial charge is 0.381 e. The van der Waals surface area contributed by atoms with Crippen LogP contribution < -0.4 is 16.2 Å². The number of methoxy groups -OCH3 is 1. The number of piperidine rings is 1. The quantitative estimate of drug-likeness (QED) is 0.539. The summed E-state index contributed by atoms with van der Waals surface area (Å²) in [6.45, 7) is 5.62. The lowest BCUT2D eigenvalue weighted by Gasteiger charge is -2.37. The van der Waals surface area contributed by atoms with Gasteiger partial charge in [0.05, 0.1) is 35.0 Å². The summed E-state index contributed by atoms with van der Waals surface area (Å²) in [6.07, 6.45) is -1.03. The molecule has 0 saturated carbocycles. The largest absolute Gasteiger partial charge is 0.416 e. The van der Waals surface area contributed by atoms with Gasteiger partial charge in [0, 0.05) is 45.2 Å². The van der Waals surface area contributed by atoms with Gasteiger partial charge in [0.1, 0.15) is 0 Å². The second-order valence-corrected chi connectivity index (χ2v) is 10.5. The highest BCUT2D eigenvalue weighted by Gasteiger charge is 2.34. The van der Waals surface area contributed by atoms with E-state index in [0.717, 1.165) is 19.0 Å². The molecule has 1 aromatic carbocycles. The third-order valence-electron chi connectivity index (χ3n) is 7.81. The van der Waals surface area contributed by atoms with Crippen molar-refractivity contribution in [1.29, 1.82) is 0 Å². The normalized spacial score (nSPS) is 21.9. The molecule has 2 aliphatic heterocycles. The highest BCUT2D eigenvalue weighted by molar-refractivity contribution is 5.99. The van der Waals surface area contributed by atoms with Crippen LogP contribution in [0.4, 0.5) is 18.9 Å². The number of amides is 1. The van der Waals surface area contributed by atoms with Crippen molar-refractivity contribution in [3.05, 3.63) is 63.1 Å². The van der Waals surface area contributed by atoms with Gasteiger partial charge < -0.3 is 29.6 Å². The molecule has 8 nitrogen and oxygen atoms in total. The van der Waals surface area contributed by atoms with Gasteiger partial charge in [-0.3, -0.25) is 9.59 Å². The summed E-state index contributed by atoms with van der Waals surface area (Å²) < 4.78 is 53.2. The number of carbonyl (C=O) groups is 1. The van der Waals surface area contributed by atoms with Crippen LogP contribution in [-0.2, 0) is 15.7 Å². The number of hydrogen-bond acceptors (Lipinski definition) is 6. The van der Waals surface area contributed by atoms with Gasteiger partial charge in [-0.25, -0.2) is 0 Å². The van der Waals surface area contributed by atoms with Crippen molar-refractivity contribution in [3.8, 4) is 0 Å². The Kier molecular flexibility index (Phi) is 9.03. The van der Waals surface area contributed by atoms with Crippen molar-refractivity contribution >= 4 is 11.6 Å². The maximum Gasteiger partial charge on any atom is 0.416 e. The number of alkyl halides is 3. The Labute approximate surface area is 226 Å². The summed E-state index contributed by atoms with van der Waals surface area (Å²) in [6, 6.07) is 4.47. The maximum absolute atomic E-state index is 13.7. The minimum atomic E-state index is -4.49. The number of likely N-dealkylation sites (tertiary alicyclic amines) is 1. The fraction of sp³-hybridized carbons (Fsp3) is 0.571. The second-order valence-electron chi connectivity index (χ2n) is 10.5. The lowest BCUT2D eigenvalue weighted by Crippen LogP contribution is -2.49. The molecule has 2 aliphatic rings. The van der Waals surface area contributed by atoms with Crippen molar-refractivity contribution in [2.75, 3.05) is 45.8 Å². The molecule has 11 heteroatoms. The minimum Gasteiger partial charge on any atom is -0.381 e. The number of nitrogens with zero attached hydrogens (tertiary/aromatic N) is 2. The molecular weight excluding hydrogens is 513 g/mol. The van der Waals surface area contributed by atoms with Crippen molar-refractivity contribution in [2.45, 2.75) is 63.5 Å². The van der Waals surface area contributed by atoms with Crippen LogP contribution in [0.15, 0.2) is 35.3 Å². The van der Waals surface area contributed by atoms with Crippen LogP contribution in [0.1, 0.15) is 65.3 Å². The zero-order valence-electron chi connectivity index (χ0n) is 22.8. The Bertz CT molecular complexity index is 1230. The molecule has 0 spiro atoms. The van der Waals surface area contributed by atoms with Crippen LogP contribution in [0.25, 0.3) is 0 Å². The zero-order chi connectivity index (χ0) is 28.3. The predicted octanol–water partition coefficient (Wildman–Crippen LogP) is 4.15. The molecule has 1 amide bonds. The summed E-state index contributed by atoms with van der Waals surface area (Å²) in [7, 11) is 3.64. The molecule has 0 bridgehead atoms. The van der Waals surface area contributed by atoms with Crippen LogP contribution >= 0.6 is 0 Å². The van der Waals surface area contributed by atoms with Gasteiger partial charge in [0.15, 0.2) is 0 Å². The van der Waals surface area contributed by atoms with Crippen LogP contribution in [0.2, 0.25) is 0 Å². The Balaban J connectivity index is 1.67. The fourth-order valence-corrected chi connectivity index (χ4v) is 5.55. The molecule has 3 heterocycles. The fourth-order valence-electron chi connectivity index (χ4n) is 5.55. The molecule has 2 saturated heterocycles. The van der Waals surface area contributed by atoms with E-state index >= 15 is 0 Å². The number of nitrogens with one attached hydrogen (secondary N) is 2. The highest BCUT2D eigenvalue weighted by Crippen LogP contribution is 2.34. The van der Waals surface area contributed by atoms with E-state index in [1.54, 1.807) is 30.9 Å². The van der Waals surface area contributed by atoms with Crippen LogP contribution in [0.3, 0.4) is 0 Å². The molecule has 0 unspecified atom stereocenters. The van der Waals surface area contributed by atoms with E-state index in [1.807, 2.05) is 7.05 Å². The number of likely N-dealkylation sites (N-methyl/N-ethyl adjacent to an activating group) is 1. The van der Waals surface area contributed by atoms with Gasteiger partial charge in [-0.2, -0.15) is 13.2 Å². The molecular formula is C28H37F3N4O4. The number of anilines is 1. The van der Waals surface area contributed by atoms with Crippen molar-refractivity contribution < 1.29 is 27.4 Å². The summed E-state index contributed by atoms with van der Waals surface area (Å²) >= 11 is 0. The van der Waals surface area contributed by atoms with Crippen molar-refractivity contribution in [1.82, 2.24) is 14.8 Å². The number of carbonyl (C=O) groups excluding carboxylic acids is 1. The van der Waals surface area contributed by atoms with E-state index in [1.165, 1.54) is 19.1 Å². The summed E-state index contributed by atoms with van der Waals surface area (Å²) in [5.74, 6) is -0.482. The van der Waals surface area contributed by atoms with Gasteiger partial charge in [0.25, 0.3) is 11.5 Å². The molecule has 2 fully saturated rings. The van der Waals surface area contributed by atoms with Gasteiger partial charge >= 0.3 is 6.18 Å².